The number of piperidine rings is 4. The maximum Gasteiger partial charge on any atom is 0.415 e. The molecule has 16 heterocycles. The Balaban J connectivity index is 0.000000188. The normalized spacial score (nSPS) is 20.5. The van der Waals surface area contributed by atoms with Crippen LogP contribution in [0.2, 0.25) is 0 Å². The number of aliphatic hydroxyl groups is 3. The van der Waals surface area contributed by atoms with E-state index in [1.54, 1.807) is 64.8 Å². The first kappa shape index (κ1) is 90.5. The van der Waals surface area contributed by atoms with Gasteiger partial charge in [-0.05, 0) is 188 Å². The molecule has 9 aromatic rings. The summed E-state index contributed by atoms with van der Waals surface area (Å²) in [6, 6.07) is 27.1. The average Bonchev–Trinajstić information content (AvgIpc) is 1.60. The van der Waals surface area contributed by atoms with E-state index >= 15 is 0 Å². The average molecular weight is 1650 g/mol. The lowest BCUT2D eigenvalue weighted by molar-refractivity contribution is -0.172. The molecule has 19 rings (SSSR count). The van der Waals surface area contributed by atoms with Gasteiger partial charge >= 0.3 is 30.1 Å². The number of benzene rings is 3. The highest BCUT2D eigenvalue weighted by Crippen LogP contribution is 2.45. The van der Waals surface area contributed by atoms with Crippen LogP contribution in [0.1, 0.15) is 179 Å². The minimum atomic E-state index is -1.86. The second-order valence-electron chi connectivity index (χ2n) is 31.3. The molecule has 638 valence electrons. The van der Waals surface area contributed by atoms with Crippen molar-refractivity contribution in [3.63, 3.8) is 0 Å². The summed E-state index contributed by atoms with van der Waals surface area (Å²) in [7, 11) is 0. The van der Waals surface area contributed by atoms with E-state index in [-0.39, 0.29) is 106 Å². The summed E-state index contributed by atoms with van der Waals surface area (Å²) in [6.45, 7) is 17.3. The largest absolute Gasteiger partial charge is 0.458 e. The number of nitrogens with zero attached hydrogens (tertiary/aromatic N) is 10. The van der Waals surface area contributed by atoms with Crippen LogP contribution in [0.15, 0.2) is 99.3 Å². The Labute approximate surface area is 683 Å². The second-order valence-corrected chi connectivity index (χ2v) is 31.3. The molecule has 33 nitrogen and oxygen atoms in total. The number of fused-ring (bicyclic) bond motifs is 15. The van der Waals surface area contributed by atoms with Crippen molar-refractivity contribution >= 4 is 62.8 Å². The predicted molar refractivity (Wildman–Crippen MR) is 440 cm³/mol. The van der Waals surface area contributed by atoms with Crippen LogP contribution < -0.4 is 26.2 Å². The van der Waals surface area contributed by atoms with E-state index in [0.29, 0.717) is 144 Å². The number of hydrogen-bond donors (Lipinski definition) is 3. The summed E-state index contributed by atoms with van der Waals surface area (Å²) in [5.41, 5.74) is 6.58. The highest BCUT2D eigenvalue weighted by molar-refractivity contribution is 5.93. The van der Waals surface area contributed by atoms with Gasteiger partial charge in [-0.1, -0.05) is 65.7 Å². The van der Waals surface area contributed by atoms with Crippen molar-refractivity contribution in [1.29, 1.82) is 0 Å². The molecule has 3 atom stereocenters. The van der Waals surface area contributed by atoms with Gasteiger partial charge < -0.3 is 111 Å². The number of likely N-dealkylation sites (tertiary alicyclic amines) is 4. The van der Waals surface area contributed by atoms with Crippen LogP contribution in [-0.2, 0) is 97.7 Å². The standard InChI is InChI=1S/2C33H38N4O6.C20H16N2O4.7H2O/c2*1-3-22-23-16-21(43-32(40)36-14-10-20(11-15-36)35-12-6-5-7-13-35)8-9-27(23)34-29-24(22)18-37-28(29)17-26-25(30(37)38)19-42-31(39)33(26,41)4-2;1-2-20(25)14-8-16-17-12(7-11-5-3-4-6-15(11)21-17)9-22(16)18(23)13(14)10-26-19(20)24;;;;;;;/h2*8-9,16-17,20,41H,3-7,10-15,18-19H2,1-2H3;3-8,25H,2,9-10H2,1H3;7*1H2/t2*33-;20-;;;;;;;/m000......./s1. The third-order valence-corrected chi connectivity index (χ3v) is 25.3. The Bertz CT molecular complexity index is 5380. The number of carbonyl (C=O) groups is 5. The lowest BCUT2D eigenvalue weighted by Crippen LogP contribution is -2.48. The number of rotatable bonds is 9. The van der Waals surface area contributed by atoms with Crippen molar-refractivity contribution in [2.75, 3.05) is 52.4 Å². The molecule has 4 fully saturated rings. The highest BCUT2D eigenvalue weighted by Gasteiger charge is 2.49. The quantitative estimate of drug-likeness (QED) is 0.132. The number of para-hydroxylation sites is 1. The van der Waals surface area contributed by atoms with Crippen molar-refractivity contribution in [3.05, 3.63) is 177 Å². The lowest BCUT2D eigenvalue weighted by Gasteiger charge is -2.39. The van der Waals surface area contributed by atoms with E-state index in [1.807, 2.05) is 64.4 Å². The number of pyridine rings is 6. The van der Waals surface area contributed by atoms with E-state index in [2.05, 4.69) is 23.6 Å². The Morgan fingerprint density at radius 2 is 0.773 bits per heavy atom. The van der Waals surface area contributed by atoms with E-state index in [0.717, 1.165) is 91.9 Å². The Kier molecular flexibility index (Phi) is 27.1. The Morgan fingerprint density at radius 3 is 1.14 bits per heavy atom. The number of amides is 2. The molecule has 0 radical (unpaired) electrons. The molecular formula is C86H106N10O23. The van der Waals surface area contributed by atoms with Crippen LogP contribution in [0.5, 0.6) is 11.5 Å². The number of esters is 3. The fourth-order valence-corrected chi connectivity index (χ4v) is 18.9. The van der Waals surface area contributed by atoms with Gasteiger partial charge in [0.25, 0.3) is 16.7 Å². The predicted octanol–water partition coefficient (Wildman–Crippen LogP) is 4.49. The van der Waals surface area contributed by atoms with Crippen molar-refractivity contribution < 1.29 is 101 Å². The molecule has 119 heavy (non-hydrogen) atoms. The fourth-order valence-electron chi connectivity index (χ4n) is 18.9. The van der Waals surface area contributed by atoms with Gasteiger partial charge in [0.1, 0.15) is 31.3 Å². The Morgan fingerprint density at radius 1 is 0.420 bits per heavy atom. The van der Waals surface area contributed by atoms with Gasteiger partial charge in [-0.15, -0.1) is 0 Å². The summed E-state index contributed by atoms with van der Waals surface area (Å²) in [4.78, 5) is 127. The van der Waals surface area contributed by atoms with Crippen LogP contribution in [-0.4, -0.2) is 196 Å². The molecule has 33 heteroatoms. The molecule has 4 saturated heterocycles. The van der Waals surface area contributed by atoms with Crippen molar-refractivity contribution in [1.82, 2.24) is 48.3 Å². The smallest absolute Gasteiger partial charge is 0.415 e. The van der Waals surface area contributed by atoms with Gasteiger partial charge in [-0.2, -0.15) is 0 Å². The summed E-state index contributed by atoms with van der Waals surface area (Å²) in [5.74, 6) is -1.24. The summed E-state index contributed by atoms with van der Waals surface area (Å²) in [5, 5.41) is 35.9. The van der Waals surface area contributed by atoms with Crippen LogP contribution in [0.3, 0.4) is 0 Å². The first-order valence-corrected chi connectivity index (χ1v) is 39.9. The first-order chi connectivity index (χ1) is 54.2. The number of ether oxygens (including phenoxy) is 5. The number of aromatic nitrogens is 6. The molecule has 0 unspecified atom stereocenters. The summed E-state index contributed by atoms with van der Waals surface area (Å²) >= 11 is 0. The zero-order valence-electron chi connectivity index (χ0n) is 67.4. The molecule has 17 N–H and O–H groups in total. The lowest BCUT2D eigenvalue weighted by atomic mass is 9.86. The van der Waals surface area contributed by atoms with Gasteiger partial charge in [-0.25, -0.2) is 38.9 Å². The monoisotopic (exact) mass is 1650 g/mol. The molecular weight excluding hydrogens is 1540 g/mol. The topological polar surface area (TPSA) is 530 Å². The second kappa shape index (κ2) is 35.6. The first-order valence-electron chi connectivity index (χ1n) is 39.9. The SMILES string of the molecule is CC[C@@]1(O)C(=O)OCc2c1cc1n(c2=O)Cc2cc3ccccc3nc2-1.CCc1c2c(nc3ccc(OC(=O)N4CCC(N5CCCCC5)CC4)cc13)-c1cc3c(c(=O)n1C2)COC(=O)[C@]3(O)CC.CCc1c2c(nc3ccc(OC(=O)N4CCC(N5CCCCC5)CC4)cc13)-c1cc3c(c(=O)n1C2)COC(=O)[C@]3(O)CC.O.O.O.O.O.O.O. The third kappa shape index (κ3) is 15.3. The maximum absolute atomic E-state index is 13.6. The van der Waals surface area contributed by atoms with Crippen LogP contribution in [0, 0.1) is 0 Å². The minimum absolute atomic E-state index is 0. The van der Waals surface area contributed by atoms with Crippen molar-refractivity contribution in [2.24, 2.45) is 0 Å². The van der Waals surface area contributed by atoms with Gasteiger partial charge in [0.2, 0.25) is 0 Å². The third-order valence-electron chi connectivity index (χ3n) is 25.3. The molecule has 3 aromatic carbocycles. The van der Waals surface area contributed by atoms with E-state index in [4.69, 9.17) is 38.6 Å². The highest BCUT2D eigenvalue weighted by atomic mass is 16.6. The zero-order chi connectivity index (χ0) is 77.8. The van der Waals surface area contributed by atoms with Gasteiger partial charge in [0.05, 0.1) is 87.0 Å². The van der Waals surface area contributed by atoms with Crippen molar-refractivity contribution in [2.45, 2.75) is 199 Å². The molecule has 0 spiro atoms. The fraction of sp³-hybridized carbons (Fsp3) is 0.453. The molecule has 2 amide bonds. The Hall–Kier alpha value is -10.8. The summed E-state index contributed by atoms with van der Waals surface area (Å²) < 4.78 is 32.1. The van der Waals surface area contributed by atoms with Gasteiger partial charge in [0, 0.05) is 87.8 Å². The van der Waals surface area contributed by atoms with Crippen LogP contribution in [0.25, 0.3) is 66.9 Å². The molecule has 6 aromatic heterocycles. The molecule has 10 aliphatic rings. The molecule has 0 saturated carbocycles. The van der Waals surface area contributed by atoms with Crippen LogP contribution in [0.4, 0.5) is 9.59 Å². The van der Waals surface area contributed by atoms with E-state index in [1.165, 1.54) is 64.7 Å². The minimum Gasteiger partial charge on any atom is -0.458 e. The van der Waals surface area contributed by atoms with Crippen molar-refractivity contribution in [3.8, 4) is 45.7 Å². The number of carbonyl (C=O) groups excluding carboxylic acids is 5. The van der Waals surface area contributed by atoms with E-state index < -0.39 is 34.7 Å². The van der Waals surface area contributed by atoms with Crippen LogP contribution >= 0.6 is 0 Å². The molecule has 0 aliphatic carbocycles. The van der Waals surface area contributed by atoms with Gasteiger partial charge in [-0.3, -0.25) is 14.4 Å². The molecule has 10 aliphatic heterocycles. The molecule has 0 bridgehead atoms. The number of aryl methyl sites for hydroxylation is 2. The summed E-state index contributed by atoms with van der Waals surface area (Å²) in [6.07, 6.45) is 12.7. The number of cyclic esters (lactones) is 3. The van der Waals surface area contributed by atoms with Gasteiger partial charge in [0.15, 0.2) is 16.8 Å². The zero-order valence-corrected chi connectivity index (χ0v) is 67.4. The van der Waals surface area contributed by atoms with E-state index in [9.17, 15) is 53.7 Å². The number of hydrogen-bond acceptors (Lipinski definition) is 21. The maximum atomic E-state index is 13.6.